The second-order valence-electron chi connectivity index (χ2n) is 4.81. The molecule has 0 saturated heterocycles. The number of nitrogens with one attached hydrogen (secondary N) is 2. The Bertz CT molecular complexity index is 480. The van der Waals surface area contributed by atoms with Crippen LogP contribution in [0.5, 0.6) is 0 Å². The van der Waals surface area contributed by atoms with Crippen molar-refractivity contribution in [2.75, 3.05) is 0 Å². The molecule has 3 rings (SSSR count). The molecule has 2 heteroatoms. The largest absolute Gasteiger partial charge is 0.361 e. The third-order valence-corrected chi connectivity index (χ3v) is 3.34. The summed E-state index contributed by atoms with van der Waals surface area (Å²) in [6.07, 6.45) is 4.62. The second kappa shape index (κ2) is 3.11. The lowest BCUT2D eigenvalue weighted by Crippen LogP contribution is -2.26. The maximum atomic E-state index is 3.59. The van der Waals surface area contributed by atoms with Gasteiger partial charge in [-0.25, -0.2) is 0 Å². The molecule has 1 fully saturated rings. The van der Waals surface area contributed by atoms with Gasteiger partial charge >= 0.3 is 0 Å². The van der Waals surface area contributed by atoms with Crippen molar-refractivity contribution in [1.82, 2.24) is 10.3 Å². The molecule has 1 aliphatic carbocycles. The van der Waals surface area contributed by atoms with Gasteiger partial charge in [-0.2, -0.15) is 0 Å². The highest BCUT2D eigenvalue weighted by Crippen LogP contribution is 2.34. The van der Waals surface area contributed by atoms with Gasteiger partial charge in [0.1, 0.15) is 0 Å². The molecular weight excluding hydrogens is 184 g/mol. The van der Waals surface area contributed by atoms with Crippen LogP contribution >= 0.6 is 0 Å². The van der Waals surface area contributed by atoms with Crippen molar-refractivity contribution >= 4 is 10.9 Å². The summed E-state index contributed by atoms with van der Waals surface area (Å²) in [7, 11) is 0. The number of rotatable bonds is 3. The van der Waals surface area contributed by atoms with E-state index < -0.39 is 0 Å². The van der Waals surface area contributed by atoms with Crippen LogP contribution in [0.25, 0.3) is 10.9 Å². The van der Waals surface area contributed by atoms with Crippen LogP contribution in [-0.4, -0.2) is 10.5 Å². The predicted molar refractivity (Wildman–Crippen MR) is 62.8 cm³/mol. The van der Waals surface area contributed by atoms with Crippen LogP contribution in [0.3, 0.4) is 0 Å². The first-order valence-corrected chi connectivity index (χ1v) is 5.56. The highest BCUT2D eigenvalue weighted by atomic mass is 15.0. The molecule has 0 bridgehead atoms. The molecule has 0 aliphatic heterocycles. The fraction of sp³-hybridized carbons (Fsp3) is 0.385. The number of fused-ring (bicyclic) bond motifs is 1. The van der Waals surface area contributed by atoms with Gasteiger partial charge < -0.3 is 10.3 Å². The van der Waals surface area contributed by atoms with E-state index in [0.29, 0.717) is 5.54 Å². The van der Waals surface area contributed by atoms with Crippen molar-refractivity contribution < 1.29 is 0 Å². The molecular formula is C13H16N2. The maximum Gasteiger partial charge on any atom is 0.0457 e. The Morgan fingerprint density at radius 2 is 2.20 bits per heavy atom. The Morgan fingerprint density at radius 1 is 1.33 bits per heavy atom. The summed E-state index contributed by atoms with van der Waals surface area (Å²) in [5.74, 6) is 0. The van der Waals surface area contributed by atoms with Gasteiger partial charge in [0.05, 0.1) is 0 Å². The van der Waals surface area contributed by atoms with Crippen LogP contribution in [-0.2, 0) is 6.54 Å². The van der Waals surface area contributed by atoms with Crippen molar-refractivity contribution in [2.24, 2.45) is 0 Å². The number of aromatic amines is 1. The van der Waals surface area contributed by atoms with Gasteiger partial charge in [0.2, 0.25) is 0 Å². The first-order valence-electron chi connectivity index (χ1n) is 5.56. The minimum Gasteiger partial charge on any atom is -0.361 e. The van der Waals surface area contributed by atoms with Gasteiger partial charge in [-0.1, -0.05) is 12.1 Å². The van der Waals surface area contributed by atoms with E-state index in [1.807, 2.05) is 6.20 Å². The molecule has 0 spiro atoms. The molecule has 1 heterocycles. The van der Waals surface area contributed by atoms with Crippen molar-refractivity contribution in [1.29, 1.82) is 0 Å². The van der Waals surface area contributed by atoms with Crippen LogP contribution < -0.4 is 5.32 Å². The summed E-state index contributed by atoms with van der Waals surface area (Å²) in [4.78, 5) is 3.24. The van der Waals surface area contributed by atoms with E-state index in [2.05, 4.69) is 41.5 Å². The van der Waals surface area contributed by atoms with E-state index in [1.165, 1.54) is 29.3 Å². The number of benzene rings is 1. The fourth-order valence-corrected chi connectivity index (χ4v) is 1.88. The molecule has 2 nitrogen and oxygen atoms in total. The van der Waals surface area contributed by atoms with Gasteiger partial charge in [-0.05, 0) is 42.8 Å². The standard InChI is InChI=1S/C13H16N2/c1-13(5-6-13)15-9-10-2-3-11-4-7-14-12(11)8-10/h2-4,7-8,14-15H,5-6,9H2,1H3. The van der Waals surface area contributed by atoms with Crippen molar-refractivity contribution in [2.45, 2.75) is 31.8 Å². The zero-order chi connectivity index (χ0) is 10.3. The lowest BCUT2D eigenvalue weighted by molar-refractivity contribution is 0.538. The normalized spacial score (nSPS) is 18.2. The van der Waals surface area contributed by atoms with Gasteiger partial charge in [0, 0.05) is 23.8 Å². The first-order chi connectivity index (χ1) is 7.25. The Labute approximate surface area is 89.7 Å². The number of hydrogen-bond donors (Lipinski definition) is 2. The van der Waals surface area contributed by atoms with E-state index in [9.17, 15) is 0 Å². The minimum absolute atomic E-state index is 0.421. The summed E-state index contributed by atoms with van der Waals surface area (Å²) in [5.41, 5.74) is 3.01. The summed E-state index contributed by atoms with van der Waals surface area (Å²) in [5, 5.41) is 4.88. The average Bonchev–Trinajstić information content (AvgIpc) is 2.80. The maximum absolute atomic E-state index is 3.59. The molecule has 0 atom stereocenters. The molecule has 2 N–H and O–H groups in total. The summed E-state index contributed by atoms with van der Waals surface area (Å²) in [6.45, 7) is 3.27. The van der Waals surface area contributed by atoms with Crippen molar-refractivity contribution in [3.05, 3.63) is 36.0 Å². The van der Waals surface area contributed by atoms with Gasteiger partial charge in [-0.15, -0.1) is 0 Å². The van der Waals surface area contributed by atoms with Crippen LogP contribution in [0.1, 0.15) is 25.3 Å². The Kier molecular flexibility index (Phi) is 1.86. The van der Waals surface area contributed by atoms with E-state index in [1.54, 1.807) is 0 Å². The molecule has 2 aromatic rings. The zero-order valence-corrected chi connectivity index (χ0v) is 9.01. The van der Waals surface area contributed by atoms with Crippen molar-refractivity contribution in [3.8, 4) is 0 Å². The average molecular weight is 200 g/mol. The molecule has 1 aromatic carbocycles. The Morgan fingerprint density at radius 3 is 3.00 bits per heavy atom. The quantitative estimate of drug-likeness (QED) is 0.783. The Balaban J connectivity index is 1.78. The summed E-state index contributed by atoms with van der Waals surface area (Å²) < 4.78 is 0. The van der Waals surface area contributed by atoms with Crippen LogP contribution in [0, 0.1) is 0 Å². The molecule has 0 unspecified atom stereocenters. The van der Waals surface area contributed by atoms with Crippen LogP contribution in [0.2, 0.25) is 0 Å². The van der Waals surface area contributed by atoms with Gasteiger partial charge in [0.25, 0.3) is 0 Å². The SMILES string of the molecule is CC1(NCc2ccc3cc[nH]c3c2)CC1. The topological polar surface area (TPSA) is 27.8 Å². The molecule has 1 saturated carbocycles. The molecule has 1 aromatic heterocycles. The highest BCUT2D eigenvalue weighted by Gasteiger charge is 2.36. The number of H-pyrrole nitrogens is 1. The number of aromatic nitrogens is 1. The van der Waals surface area contributed by atoms with Crippen LogP contribution in [0.15, 0.2) is 30.5 Å². The monoisotopic (exact) mass is 200 g/mol. The second-order valence-corrected chi connectivity index (χ2v) is 4.81. The number of hydrogen-bond acceptors (Lipinski definition) is 1. The molecule has 1 aliphatic rings. The third-order valence-electron chi connectivity index (χ3n) is 3.34. The van der Waals surface area contributed by atoms with Crippen molar-refractivity contribution in [3.63, 3.8) is 0 Å². The minimum atomic E-state index is 0.421. The molecule has 0 radical (unpaired) electrons. The summed E-state index contributed by atoms with van der Waals surface area (Å²) in [6, 6.07) is 8.72. The molecule has 15 heavy (non-hydrogen) atoms. The fourth-order valence-electron chi connectivity index (χ4n) is 1.88. The van der Waals surface area contributed by atoms with E-state index in [-0.39, 0.29) is 0 Å². The van der Waals surface area contributed by atoms with Gasteiger partial charge in [0.15, 0.2) is 0 Å². The summed E-state index contributed by atoms with van der Waals surface area (Å²) >= 11 is 0. The van der Waals surface area contributed by atoms with E-state index in [0.717, 1.165) is 6.54 Å². The highest BCUT2D eigenvalue weighted by molar-refractivity contribution is 5.79. The zero-order valence-electron chi connectivity index (χ0n) is 9.01. The van der Waals surface area contributed by atoms with Gasteiger partial charge in [-0.3, -0.25) is 0 Å². The smallest absolute Gasteiger partial charge is 0.0457 e. The lowest BCUT2D eigenvalue weighted by Gasteiger charge is -2.11. The predicted octanol–water partition coefficient (Wildman–Crippen LogP) is 2.81. The van der Waals surface area contributed by atoms with E-state index >= 15 is 0 Å². The van der Waals surface area contributed by atoms with Crippen LogP contribution in [0.4, 0.5) is 0 Å². The molecule has 78 valence electrons. The van der Waals surface area contributed by atoms with E-state index in [4.69, 9.17) is 0 Å². The first kappa shape index (κ1) is 8.98. The third kappa shape index (κ3) is 1.77. The Hall–Kier alpha value is -1.28. The molecule has 0 amide bonds. The lowest BCUT2D eigenvalue weighted by atomic mass is 10.1.